The molecular weight excluding hydrogens is 216 g/mol. The third-order valence-corrected chi connectivity index (χ3v) is 4.98. The van der Waals surface area contributed by atoms with Crippen LogP contribution in [0.5, 0.6) is 0 Å². The van der Waals surface area contributed by atoms with Crippen LogP contribution in [0.2, 0.25) is 0 Å². The number of rotatable bonds is 10. The molecule has 0 amide bonds. The van der Waals surface area contributed by atoms with Crippen LogP contribution in [0, 0.1) is 17.8 Å². The summed E-state index contributed by atoms with van der Waals surface area (Å²) in [7, 11) is 0. The largest absolute Gasteiger partial charge is 0.0654 e. The first-order valence-electron chi connectivity index (χ1n) is 8.74. The number of hydrogen-bond donors (Lipinski definition) is 0. The van der Waals surface area contributed by atoms with Crippen molar-refractivity contribution in [3.63, 3.8) is 0 Å². The lowest BCUT2D eigenvalue weighted by Crippen LogP contribution is -2.13. The van der Waals surface area contributed by atoms with Gasteiger partial charge in [0.25, 0.3) is 0 Å². The molecule has 0 heteroatoms. The maximum absolute atomic E-state index is 2.44. The lowest BCUT2D eigenvalue weighted by molar-refractivity contribution is 0.274. The zero-order valence-electron chi connectivity index (χ0n) is 13.2. The van der Waals surface area contributed by atoms with Gasteiger partial charge in [-0.25, -0.2) is 0 Å². The molecule has 0 bridgehead atoms. The summed E-state index contributed by atoms with van der Waals surface area (Å²) in [5.41, 5.74) is 0. The van der Waals surface area contributed by atoms with Crippen molar-refractivity contribution >= 4 is 0 Å². The van der Waals surface area contributed by atoms with Gasteiger partial charge in [0.05, 0.1) is 0 Å². The van der Waals surface area contributed by atoms with Crippen molar-refractivity contribution in [2.45, 2.75) is 97.8 Å². The van der Waals surface area contributed by atoms with Crippen molar-refractivity contribution in [3.8, 4) is 0 Å². The van der Waals surface area contributed by atoms with E-state index < -0.39 is 0 Å². The normalized spacial score (nSPS) is 18.7. The van der Waals surface area contributed by atoms with Crippen LogP contribution in [0.1, 0.15) is 97.8 Å². The average Bonchev–Trinajstić information content (AvgIpc) is 2.84. The van der Waals surface area contributed by atoms with E-state index in [0.29, 0.717) is 0 Å². The van der Waals surface area contributed by atoms with Crippen LogP contribution >= 0.6 is 0 Å². The van der Waals surface area contributed by atoms with E-state index in [-0.39, 0.29) is 0 Å². The summed E-state index contributed by atoms with van der Waals surface area (Å²) in [4.78, 5) is 0. The highest BCUT2D eigenvalue weighted by atomic mass is 14.3. The molecule has 1 saturated carbocycles. The van der Waals surface area contributed by atoms with Crippen molar-refractivity contribution in [2.75, 3.05) is 0 Å². The van der Waals surface area contributed by atoms with Gasteiger partial charge >= 0.3 is 0 Å². The Hall–Kier alpha value is 0. The second-order valence-electron chi connectivity index (χ2n) is 6.95. The molecule has 18 heavy (non-hydrogen) atoms. The minimum atomic E-state index is 0.904. The maximum Gasteiger partial charge on any atom is -0.0388 e. The fourth-order valence-electron chi connectivity index (χ4n) is 3.58. The van der Waals surface area contributed by atoms with E-state index in [2.05, 4.69) is 20.8 Å². The summed E-state index contributed by atoms with van der Waals surface area (Å²) in [6, 6.07) is 0. The zero-order chi connectivity index (χ0) is 13.2. The summed E-state index contributed by atoms with van der Waals surface area (Å²) < 4.78 is 0. The van der Waals surface area contributed by atoms with Crippen molar-refractivity contribution in [1.29, 1.82) is 0 Å². The summed E-state index contributed by atoms with van der Waals surface area (Å²) in [6.45, 7) is 7.18. The molecule has 1 atom stereocenters. The summed E-state index contributed by atoms with van der Waals surface area (Å²) in [6.07, 6.45) is 17.8. The standard InChI is InChI=1S/C18H36/c1-4-5-6-7-8-9-14-18(16(2)3)15-17-12-10-11-13-17/h16-18H,4-15H2,1-3H3. The van der Waals surface area contributed by atoms with Gasteiger partial charge in [-0.05, 0) is 24.2 Å². The van der Waals surface area contributed by atoms with Gasteiger partial charge in [0.2, 0.25) is 0 Å². The van der Waals surface area contributed by atoms with Gasteiger partial charge in [-0.15, -0.1) is 0 Å². The van der Waals surface area contributed by atoms with Crippen molar-refractivity contribution in [2.24, 2.45) is 17.8 Å². The molecule has 0 N–H and O–H groups in total. The Morgan fingerprint density at radius 2 is 1.50 bits per heavy atom. The van der Waals surface area contributed by atoms with Gasteiger partial charge in [-0.3, -0.25) is 0 Å². The first-order chi connectivity index (χ1) is 8.74. The van der Waals surface area contributed by atoms with Gasteiger partial charge in [-0.1, -0.05) is 91.4 Å². The molecule has 1 unspecified atom stereocenters. The molecule has 1 aliphatic rings. The first-order valence-corrected chi connectivity index (χ1v) is 8.74. The minimum absolute atomic E-state index is 0.904. The fraction of sp³-hybridized carbons (Fsp3) is 1.00. The van der Waals surface area contributed by atoms with E-state index >= 15 is 0 Å². The summed E-state index contributed by atoms with van der Waals surface area (Å²) in [5, 5.41) is 0. The van der Waals surface area contributed by atoms with E-state index in [9.17, 15) is 0 Å². The molecule has 1 aliphatic carbocycles. The highest BCUT2D eigenvalue weighted by Gasteiger charge is 2.21. The third-order valence-electron chi connectivity index (χ3n) is 4.98. The van der Waals surface area contributed by atoms with E-state index in [0.717, 1.165) is 17.8 Å². The molecule has 1 fully saturated rings. The molecule has 0 heterocycles. The van der Waals surface area contributed by atoms with Gasteiger partial charge < -0.3 is 0 Å². The van der Waals surface area contributed by atoms with E-state index in [4.69, 9.17) is 0 Å². The van der Waals surface area contributed by atoms with Gasteiger partial charge in [0, 0.05) is 0 Å². The summed E-state index contributed by atoms with van der Waals surface area (Å²) >= 11 is 0. The molecule has 1 rings (SSSR count). The lowest BCUT2D eigenvalue weighted by Gasteiger charge is -2.24. The fourth-order valence-corrected chi connectivity index (χ4v) is 3.58. The van der Waals surface area contributed by atoms with E-state index in [1.165, 1.54) is 77.0 Å². The lowest BCUT2D eigenvalue weighted by atomic mass is 9.82. The Morgan fingerprint density at radius 1 is 0.889 bits per heavy atom. The molecule has 0 nitrogen and oxygen atoms in total. The summed E-state index contributed by atoms with van der Waals surface area (Å²) in [5.74, 6) is 3.00. The zero-order valence-corrected chi connectivity index (χ0v) is 13.2. The Labute approximate surface area is 116 Å². The number of hydrogen-bond acceptors (Lipinski definition) is 0. The highest BCUT2D eigenvalue weighted by Crippen LogP contribution is 2.34. The Kier molecular flexibility index (Phi) is 8.80. The number of unbranched alkanes of at least 4 members (excludes halogenated alkanes) is 5. The van der Waals surface area contributed by atoms with Crippen molar-refractivity contribution in [1.82, 2.24) is 0 Å². The van der Waals surface area contributed by atoms with E-state index in [1.54, 1.807) is 0 Å². The smallest absolute Gasteiger partial charge is 0.0388 e. The molecular formula is C18H36. The molecule has 0 aliphatic heterocycles. The molecule has 0 aromatic heterocycles. The minimum Gasteiger partial charge on any atom is -0.0654 e. The second-order valence-corrected chi connectivity index (χ2v) is 6.95. The molecule has 0 saturated heterocycles. The molecule has 0 aromatic carbocycles. The van der Waals surface area contributed by atoms with Gasteiger partial charge in [0.15, 0.2) is 0 Å². The predicted octanol–water partition coefficient (Wildman–Crippen LogP) is 6.59. The van der Waals surface area contributed by atoms with Crippen LogP contribution in [0.3, 0.4) is 0 Å². The molecule has 0 spiro atoms. The van der Waals surface area contributed by atoms with Crippen molar-refractivity contribution in [3.05, 3.63) is 0 Å². The molecule has 0 aromatic rings. The van der Waals surface area contributed by atoms with Crippen LogP contribution in [0.15, 0.2) is 0 Å². The SMILES string of the molecule is CCCCCCCCC(CC1CCCC1)C(C)C. The highest BCUT2D eigenvalue weighted by molar-refractivity contribution is 4.73. The van der Waals surface area contributed by atoms with Crippen LogP contribution in [0.4, 0.5) is 0 Å². The Balaban J connectivity index is 2.09. The second kappa shape index (κ2) is 9.87. The third kappa shape index (κ3) is 6.81. The van der Waals surface area contributed by atoms with Crippen molar-refractivity contribution < 1.29 is 0 Å². The monoisotopic (exact) mass is 252 g/mol. The first kappa shape index (κ1) is 16.1. The van der Waals surface area contributed by atoms with Crippen LogP contribution in [-0.2, 0) is 0 Å². The van der Waals surface area contributed by atoms with Crippen LogP contribution in [-0.4, -0.2) is 0 Å². The predicted molar refractivity (Wildman–Crippen MR) is 82.9 cm³/mol. The Morgan fingerprint density at radius 3 is 2.11 bits per heavy atom. The van der Waals surface area contributed by atoms with Gasteiger partial charge in [0.1, 0.15) is 0 Å². The average molecular weight is 252 g/mol. The molecule has 108 valence electrons. The van der Waals surface area contributed by atoms with E-state index in [1.807, 2.05) is 0 Å². The van der Waals surface area contributed by atoms with Crippen LogP contribution < -0.4 is 0 Å². The Bertz CT molecular complexity index is 176. The van der Waals surface area contributed by atoms with Crippen LogP contribution in [0.25, 0.3) is 0 Å². The maximum atomic E-state index is 2.44. The topological polar surface area (TPSA) is 0 Å². The quantitative estimate of drug-likeness (QED) is 0.385. The van der Waals surface area contributed by atoms with Gasteiger partial charge in [-0.2, -0.15) is 0 Å². The molecule has 0 radical (unpaired) electrons.